The summed E-state index contributed by atoms with van der Waals surface area (Å²) < 4.78 is 1.94. The van der Waals surface area contributed by atoms with Crippen molar-refractivity contribution >= 4 is 11.3 Å². The molecular formula is C10H13N3S. The van der Waals surface area contributed by atoms with E-state index in [2.05, 4.69) is 22.7 Å². The van der Waals surface area contributed by atoms with Crippen LogP contribution >= 0.6 is 11.3 Å². The van der Waals surface area contributed by atoms with E-state index in [-0.39, 0.29) is 6.04 Å². The van der Waals surface area contributed by atoms with Gasteiger partial charge in [-0.25, -0.2) is 4.98 Å². The Labute approximate surface area is 87.4 Å². The highest BCUT2D eigenvalue weighted by Gasteiger charge is 2.07. The number of aromatic nitrogens is 2. The van der Waals surface area contributed by atoms with Gasteiger partial charge in [0.1, 0.15) is 0 Å². The topological polar surface area (TPSA) is 29.9 Å². The molecule has 2 rings (SSSR count). The number of rotatable bonds is 3. The lowest BCUT2D eigenvalue weighted by Gasteiger charge is -2.13. The molecule has 3 nitrogen and oxygen atoms in total. The molecule has 1 N–H and O–H groups in total. The predicted octanol–water partition coefficient (Wildman–Crippen LogP) is 2.56. The average molecular weight is 207 g/mol. The van der Waals surface area contributed by atoms with Gasteiger partial charge in [-0.2, -0.15) is 0 Å². The highest BCUT2D eigenvalue weighted by Crippen LogP contribution is 2.16. The summed E-state index contributed by atoms with van der Waals surface area (Å²) in [6.45, 7) is 4.13. The fourth-order valence-corrected chi connectivity index (χ4v) is 2.00. The van der Waals surface area contributed by atoms with Crippen LogP contribution in [0, 0.1) is 6.92 Å². The Bertz CT molecular complexity index is 391. The molecule has 2 heterocycles. The molecule has 0 saturated heterocycles. The SMILES string of the molecule is Cc1nc(C(C)Nn2cccc2)cs1. The van der Waals surface area contributed by atoms with E-state index in [9.17, 15) is 0 Å². The van der Waals surface area contributed by atoms with E-state index >= 15 is 0 Å². The van der Waals surface area contributed by atoms with Crippen molar-refractivity contribution in [2.75, 3.05) is 5.43 Å². The molecule has 0 saturated carbocycles. The third kappa shape index (κ3) is 1.96. The first-order valence-electron chi connectivity index (χ1n) is 4.57. The Hall–Kier alpha value is -1.29. The Kier molecular flexibility index (Phi) is 2.54. The molecule has 0 fully saturated rings. The van der Waals surface area contributed by atoms with E-state index in [0.717, 1.165) is 10.7 Å². The van der Waals surface area contributed by atoms with Crippen molar-refractivity contribution in [3.63, 3.8) is 0 Å². The van der Waals surface area contributed by atoms with Crippen LogP contribution in [0.3, 0.4) is 0 Å². The van der Waals surface area contributed by atoms with Gasteiger partial charge in [0.25, 0.3) is 0 Å². The molecule has 0 radical (unpaired) electrons. The molecule has 1 atom stereocenters. The minimum Gasteiger partial charge on any atom is -0.318 e. The van der Waals surface area contributed by atoms with Crippen LogP contribution in [0.5, 0.6) is 0 Å². The van der Waals surface area contributed by atoms with Crippen molar-refractivity contribution in [1.29, 1.82) is 0 Å². The fraction of sp³-hybridized carbons (Fsp3) is 0.300. The summed E-state index contributed by atoms with van der Waals surface area (Å²) in [5.41, 5.74) is 4.41. The molecule has 4 heteroatoms. The molecule has 0 aromatic carbocycles. The minimum atomic E-state index is 0.243. The molecule has 0 spiro atoms. The van der Waals surface area contributed by atoms with E-state index < -0.39 is 0 Å². The van der Waals surface area contributed by atoms with Crippen molar-refractivity contribution in [2.45, 2.75) is 19.9 Å². The van der Waals surface area contributed by atoms with Gasteiger partial charge in [-0.15, -0.1) is 11.3 Å². The zero-order chi connectivity index (χ0) is 9.97. The summed E-state index contributed by atoms with van der Waals surface area (Å²) in [5.74, 6) is 0. The van der Waals surface area contributed by atoms with Crippen LogP contribution in [0.2, 0.25) is 0 Å². The predicted molar refractivity (Wildman–Crippen MR) is 59.1 cm³/mol. The largest absolute Gasteiger partial charge is 0.318 e. The minimum absolute atomic E-state index is 0.243. The second-order valence-corrected chi connectivity index (χ2v) is 4.29. The molecule has 0 bridgehead atoms. The lowest BCUT2D eigenvalue weighted by molar-refractivity contribution is 0.711. The Morgan fingerprint density at radius 2 is 2.14 bits per heavy atom. The molecule has 74 valence electrons. The van der Waals surface area contributed by atoms with E-state index in [1.807, 2.05) is 36.1 Å². The molecule has 0 aliphatic heterocycles. The second kappa shape index (κ2) is 3.84. The zero-order valence-electron chi connectivity index (χ0n) is 8.27. The standard InChI is InChI=1S/C10H13N3S/c1-8(10-7-14-9(2)11-10)12-13-5-3-4-6-13/h3-8,12H,1-2H3. The molecule has 0 aliphatic carbocycles. The molecule has 2 aromatic rings. The fourth-order valence-electron chi connectivity index (χ4n) is 1.29. The molecule has 1 unspecified atom stereocenters. The number of hydrogen-bond acceptors (Lipinski definition) is 3. The number of aryl methyl sites for hydroxylation is 1. The monoisotopic (exact) mass is 207 g/mol. The third-order valence-corrected chi connectivity index (χ3v) is 2.82. The summed E-state index contributed by atoms with van der Waals surface area (Å²) in [6.07, 6.45) is 3.96. The van der Waals surface area contributed by atoms with Gasteiger partial charge in [0.05, 0.1) is 16.7 Å². The normalized spacial score (nSPS) is 12.7. The van der Waals surface area contributed by atoms with Gasteiger partial charge >= 0.3 is 0 Å². The van der Waals surface area contributed by atoms with Gasteiger partial charge < -0.3 is 5.43 Å². The first-order valence-corrected chi connectivity index (χ1v) is 5.45. The number of thiazole rings is 1. The van der Waals surface area contributed by atoms with E-state index in [4.69, 9.17) is 0 Å². The molecule has 2 aromatic heterocycles. The van der Waals surface area contributed by atoms with Crippen LogP contribution in [0.4, 0.5) is 0 Å². The quantitative estimate of drug-likeness (QED) is 0.838. The van der Waals surface area contributed by atoms with Gasteiger partial charge in [0.15, 0.2) is 0 Å². The Balaban J connectivity index is 2.06. The van der Waals surface area contributed by atoms with Crippen LogP contribution in [-0.2, 0) is 0 Å². The van der Waals surface area contributed by atoms with E-state index in [1.165, 1.54) is 0 Å². The van der Waals surface area contributed by atoms with Crippen LogP contribution in [0.25, 0.3) is 0 Å². The first kappa shape index (κ1) is 9.27. The maximum atomic E-state index is 4.43. The van der Waals surface area contributed by atoms with Crippen LogP contribution in [0.15, 0.2) is 29.9 Å². The number of hydrogen-bond donors (Lipinski definition) is 1. The van der Waals surface area contributed by atoms with E-state index in [1.54, 1.807) is 11.3 Å². The van der Waals surface area contributed by atoms with Gasteiger partial charge in [-0.3, -0.25) is 4.68 Å². The van der Waals surface area contributed by atoms with Crippen molar-refractivity contribution in [1.82, 2.24) is 9.66 Å². The summed E-state index contributed by atoms with van der Waals surface area (Å²) >= 11 is 1.68. The maximum absolute atomic E-state index is 4.43. The summed E-state index contributed by atoms with van der Waals surface area (Å²) in [6, 6.07) is 4.23. The summed E-state index contributed by atoms with van der Waals surface area (Å²) in [5, 5.41) is 3.21. The van der Waals surface area contributed by atoms with Gasteiger partial charge in [0.2, 0.25) is 0 Å². The van der Waals surface area contributed by atoms with Crippen molar-refractivity contribution in [3.8, 4) is 0 Å². The smallest absolute Gasteiger partial charge is 0.0898 e. The molecule has 0 amide bonds. The van der Waals surface area contributed by atoms with Crippen LogP contribution in [0.1, 0.15) is 23.7 Å². The summed E-state index contributed by atoms with van der Waals surface area (Å²) in [7, 11) is 0. The van der Waals surface area contributed by atoms with Crippen molar-refractivity contribution in [2.24, 2.45) is 0 Å². The molecule has 14 heavy (non-hydrogen) atoms. The third-order valence-electron chi connectivity index (χ3n) is 2.03. The lowest BCUT2D eigenvalue weighted by atomic mass is 10.3. The van der Waals surface area contributed by atoms with Crippen molar-refractivity contribution in [3.05, 3.63) is 40.6 Å². The number of nitrogens with zero attached hydrogens (tertiary/aromatic N) is 2. The lowest BCUT2D eigenvalue weighted by Crippen LogP contribution is -2.17. The molecule has 0 aliphatic rings. The Morgan fingerprint density at radius 3 is 2.71 bits per heavy atom. The molecular weight excluding hydrogens is 194 g/mol. The number of nitrogens with one attached hydrogen (secondary N) is 1. The van der Waals surface area contributed by atoms with Gasteiger partial charge in [-0.1, -0.05) is 0 Å². The van der Waals surface area contributed by atoms with Crippen molar-refractivity contribution < 1.29 is 0 Å². The summed E-state index contributed by atoms with van der Waals surface area (Å²) in [4.78, 5) is 4.43. The first-order chi connectivity index (χ1) is 6.75. The van der Waals surface area contributed by atoms with E-state index in [0.29, 0.717) is 0 Å². The van der Waals surface area contributed by atoms with Gasteiger partial charge in [-0.05, 0) is 26.0 Å². The highest BCUT2D eigenvalue weighted by molar-refractivity contribution is 7.09. The van der Waals surface area contributed by atoms with Crippen LogP contribution < -0.4 is 5.43 Å². The highest BCUT2D eigenvalue weighted by atomic mass is 32.1. The average Bonchev–Trinajstić information content (AvgIpc) is 2.75. The van der Waals surface area contributed by atoms with Gasteiger partial charge in [0, 0.05) is 17.8 Å². The second-order valence-electron chi connectivity index (χ2n) is 3.23. The Morgan fingerprint density at radius 1 is 1.43 bits per heavy atom. The zero-order valence-corrected chi connectivity index (χ0v) is 9.08. The van der Waals surface area contributed by atoms with Crippen LogP contribution in [-0.4, -0.2) is 9.66 Å². The maximum Gasteiger partial charge on any atom is 0.0898 e.